The molecular weight excluding hydrogens is 367 g/mol. The summed E-state index contributed by atoms with van der Waals surface area (Å²) in [6, 6.07) is 5.84. The molecule has 2 fully saturated rings. The van der Waals surface area contributed by atoms with Crippen LogP contribution in [0.1, 0.15) is 43.7 Å². The number of hydrogen-bond donors (Lipinski definition) is 1. The molecule has 0 radical (unpaired) electrons. The molecule has 2 aliphatic rings. The molecule has 0 spiro atoms. The van der Waals surface area contributed by atoms with Crippen molar-refractivity contribution in [2.75, 3.05) is 26.2 Å². The van der Waals surface area contributed by atoms with E-state index >= 15 is 0 Å². The van der Waals surface area contributed by atoms with Crippen LogP contribution in [-0.2, 0) is 0 Å². The van der Waals surface area contributed by atoms with Gasteiger partial charge in [-0.15, -0.1) is 12.4 Å². The van der Waals surface area contributed by atoms with Gasteiger partial charge in [0.25, 0.3) is 0 Å². The van der Waals surface area contributed by atoms with Crippen LogP contribution in [0.5, 0.6) is 0 Å². The van der Waals surface area contributed by atoms with Crippen molar-refractivity contribution in [1.29, 1.82) is 0 Å². The van der Waals surface area contributed by atoms with E-state index in [4.69, 9.17) is 0 Å². The van der Waals surface area contributed by atoms with Crippen LogP contribution in [0, 0.1) is 11.7 Å². The fraction of sp³-hybridized carbons (Fsp3) is 0.647. The van der Waals surface area contributed by atoms with Crippen molar-refractivity contribution >= 4 is 28.3 Å². The first-order chi connectivity index (χ1) is 10.3. The van der Waals surface area contributed by atoms with Crippen LogP contribution in [0.2, 0.25) is 0 Å². The van der Waals surface area contributed by atoms with E-state index in [9.17, 15) is 4.39 Å². The van der Waals surface area contributed by atoms with E-state index < -0.39 is 0 Å². The maximum atomic E-state index is 14.5. The van der Waals surface area contributed by atoms with Crippen molar-refractivity contribution in [2.24, 2.45) is 5.92 Å². The Morgan fingerprint density at radius 3 is 2.45 bits per heavy atom. The molecule has 3 rings (SSSR count). The van der Waals surface area contributed by atoms with Gasteiger partial charge in [0.1, 0.15) is 5.82 Å². The summed E-state index contributed by atoms with van der Waals surface area (Å²) in [6.45, 7) is 4.08. The minimum Gasteiger partial charge on any atom is -0.314 e. The second-order valence-corrected chi connectivity index (χ2v) is 7.21. The van der Waals surface area contributed by atoms with Gasteiger partial charge in [0.15, 0.2) is 0 Å². The summed E-state index contributed by atoms with van der Waals surface area (Å²) in [4.78, 5) is 2.50. The highest BCUT2D eigenvalue weighted by molar-refractivity contribution is 9.10. The first-order valence-electron chi connectivity index (χ1n) is 8.15. The number of halogens is 3. The molecule has 1 saturated carbocycles. The van der Waals surface area contributed by atoms with E-state index in [2.05, 4.69) is 26.1 Å². The number of piperazine rings is 1. The average Bonchev–Trinajstić information content (AvgIpc) is 2.52. The molecule has 124 valence electrons. The molecule has 1 aromatic rings. The first-order valence-corrected chi connectivity index (χ1v) is 8.95. The summed E-state index contributed by atoms with van der Waals surface area (Å²) in [5.41, 5.74) is 0.895. The predicted molar refractivity (Wildman–Crippen MR) is 95.1 cm³/mol. The predicted octanol–water partition coefficient (Wildman–Crippen LogP) is 4.54. The topological polar surface area (TPSA) is 15.3 Å². The Kier molecular flexibility index (Phi) is 7.13. The summed E-state index contributed by atoms with van der Waals surface area (Å²) in [7, 11) is 0. The normalized spacial score (nSPS) is 22.1. The smallest absolute Gasteiger partial charge is 0.129 e. The van der Waals surface area contributed by atoms with Gasteiger partial charge < -0.3 is 5.32 Å². The van der Waals surface area contributed by atoms with Gasteiger partial charge in [-0.25, -0.2) is 4.39 Å². The first kappa shape index (κ1) is 18.2. The molecule has 1 aliphatic carbocycles. The average molecular weight is 392 g/mol. The monoisotopic (exact) mass is 390 g/mol. The number of nitrogens with zero attached hydrogens (tertiary/aromatic N) is 1. The molecule has 1 aromatic carbocycles. The summed E-state index contributed by atoms with van der Waals surface area (Å²) in [5, 5.41) is 3.40. The van der Waals surface area contributed by atoms with Crippen molar-refractivity contribution in [3.05, 3.63) is 34.1 Å². The highest BCUT2D eigenvalue weighted by Gasteiger charge is 2.32. The lowest BCUT2D eigenvalue weighted by Gasteiger charge is -2.41. The Morgan fingerprint density at radius 2 is 1.82 bits per heavy atom. The number of nitrogens with one attached hydrogen (secondary N) is 1. The molecule has 0 aromatic heterocycles. The van der Waals surface area contributed by atoms with E-state index in [0.717, 1.165) is 36.2 Å². The lowest BCUT2D eigenvalue weighted by Crippen LogP contribution is -2.47. The molecule has 22 heavy (non-hydrogen) atoms. The minimum atomic E-state index is -0.0570. The Bertz CT molecular complexity index is 456. The van der Waals surface area contributed by atoms with Gasteiger partial charge in [-0.05, 0) is 30.9 Å². The van der Waals surface area contributed by atoms with Crippen LogP contribution in [-0.4, -0.2) is 31.1 Å². The standard InChI is InChI=1S/C17H24BrFN2.ClH/c18-14-6-7-15(16(19)12-14)17(13-4-2-1-3-5-13)21-10-8-20-9-11-21;/h6-7,12-13,17,20H,1-5,8-11H2;1H/t17-;/m1./s1. The quantitative estimate of drug-likeness (QED) is 0.814. The molecule has 1 atom stereocenters. The summed E-state index contributed by atoms with van der Waals surface area (Å²) in [5.74, 6) is 0.547. The molecule has 1 heterocycles. The summed E-state index contributed by atoms with van der Waals surface area (Å²) < 4.78 is 15.4. The SMILES string of the molecule is Cl.Fc1cc(Br)ccc1[C@@H](C1CCCCC1)N1CCNCC1. The van der Waals surface area contributed by atoms with Gasteiger partial charge in [-0.3, -0.25) is 4.90 Å². The molecule has 5 heteroatoms. The van der Waals surface area contributed by atoms with Gasteiger partial charge in [0.2, 0.25) is 0 Å². The Balaban J connectivity index is 0.00000176. The zero-order valence-corrected chi connectivity index (χ0v) is 15.3. The Hall–Kier alpha value is -0.160. The van der Waals surface area contributed by atoms with E-state index in [0.29, 0.717) is 5.92 Å². The maximum Gasteiger partial charge on any atom is 0.129 e. The molecule has 0 unspecified atom stereocenters. The van der Waals surface area contributed by atoms with Gasteiger partial charge in [0.05, 0.1) is 0 Å². The molecule has 1 saturated heterocycles. The van der Waals surface area contributed by atoms with Crippen LogP contribution in [0.25, 0.3) is 0 Å². The van der Waals surface area contributed by atoms with Crippen molar-refractivity contribution < 1.29 is 4.39 Å². The lowest BCUT2D eigenvalue weighted by atomic mass is 9.80. The van der Waals surface area contributed by atoms with Crippen LogP contribution in [0.3, 0.4) is 0 Å². The highest BCUT2D eigenvalue weighted by atomic mass is 79.9. The highest BCUT2D eigenvalue weighted by Crippen LogP contribution is 2.39. The molecule has 0 amide bonds. The van der Waals surface area contributed by atoms with Crippen molar-refractivity contribution in [1.82, 2.24) is 10.2 Å². The van der Waals surface area contributed by atoms with E-state index in [1.807, 2.05) is 12.1 Å². The van der Waals surface area contributed by atoms with Gasteiger partial charge in [0, 0.05) is 42.3 Å². The summed E-state index contributed by atoms with van der Waals surface area (Å²) >= 11 is 3.37. The second kappa shape index (κ2) is 8.62. The minimum absolute atomic E-state index is 0. The maximum absolute atomic E-state index is 14.5. The van der Waals surface area contributed by atoms with Gasteiger partial charge in [-0.2, -0.15) is 0 Å². The number of rotatable bonds is 3. The van der Waals surface area contributed by atoms with Crippen LogP contribution in [0.4, 0.5) is 4.39 Å². The third-order valence-electron chi connectivity index (χ3n) is 4.92. The van der Waals surface area contributed by atoms with Crippen molar-refractivity contribution in [2.45, 2.75) is 38.1 Å². The molecule has 2 nitrogen and oxygen atoms in total. The number of benzene rings is 1. The number of hydrogen-bond acceptors (Lipinski definition) is 2. The van der Waals surface area contributed by atoms with E-state index in [1.54, 1.807) is 6.07 Å². The van der Waals surface area contributed by atoms with Gasteiger partial charge >= 0.3 is 0 Å². The third kappa shape index (κ3) is 4.22. The second-order valence-electron chi connectivity index (χ2n) is 6.29. The Labute approximate surface area is 147 Å². The zero-order valence-electron chi connectivity index (χ0n) is 12.9. The largest absolute Gasteiger partial charge is 0.314 e. The van der Waals surface area contributed by atoms with Crippen molar-refractivity contribution in [3.8, 4) is 0 Å². The van der Waals surface area contributed by atoms with Crippen molar-refractivity contribution in [3.63, 3.8) is 0 Å². The molecule has 1 aliphatic heterocycles. The van der Waals surface area contributed by atoms with Crippen LogP contribution in [0.15, 0.2) is 22.7 Å². The van der Waals surface area contributed by atoms with E-state index in [1.165, 1.54) is 32.1 Å². The molecule has 0 bridgehead atoms. The molecular formula is C17H25BrClFN2. The van der Waals surface area contributed by atoms with Gasteiger partial charge in [-0.1, -0.05) is 41.3 Å². The third-order valence-corrected chi connectivity index (χ3v) is 5.42. The molecule has 1 N–H and O–H groups in total. The fourth-order valence-corrected chi connectivity index (χ4v) is 4.23. The lowest BCUT2D eigenvalue weighted by molar-refractivity contribution is 0.101. The van der Waals surface area contributed by atoms with E-state index in [-0.39, 0.29) is 24.3 Å². The summed E-state index contributed by atoms with van der Waals surface area (Å²) in [6.07, 6.45) is 6.42. The fourth-order valence-electron chi connectivity index (χ4n) is 3.90. The zero-order chi connectivity index (χ0) is 14.7. The Morgan fingerprint density at radius 1 is 1.14 bits per heavy atom. The van der Waals surface area contributed by atoms with Crippen LogP contribution < -0.4 is 5.32 Å². The van der Waals surface area contributed by atoms with Crippen LogP contribution >= 0.6 is 28.3 Å².